The molecule has 1 atom stereocenters. The molecule has 0 aliphatic carbocycles. The van der Waals surface area contributed by atoms with E-state index in [0.717, 1.165) is 21.0 Å². The third-order valence-corrected chi connectivity index (χ3v) is 8.32. The highest BCUT2D eigenvalue weighted by atomic mass is 32.2. The number of anilines is 1. The van der Waals surface area contributed by atoms with E-state index in [1.807, 2.05) is 52.0 Å². The molecular weight excluding hydrogens is 526 g/mol. The number of hydrogen-bond donors (Lipinski definition) is 1. The smallest absolute Gasteiger partial charge is 0.264 e. The van der Waals surface area contributed by atoms with Crippen LogP contribution < -0.4 is 14.4 Å². The summed E-state index contributed by atoms with van der Waals surface area (Å²) in [6.07, 6.45) is 0. The molecule has 3 aromatic rings. The van der Waals surface area contributed by atoms with Crippen molar-refractivity contribution in [3.05, 3.63) is 89.5 Å². The molecule has 0 spiro atoms. The Morgan fingerprint density at radius 3 is 2.12 bits per heavy atom. The summed E-state index contributed by atoms with van der Waals surface area (Å²) in [5.41, 5.74) is 3.08. The van der Waals surface area contributed by atoms with E-state index < -0.39 is 28.5 Å². The van der Waals surface area contributed by atoms with Crippen LogP contribution in [0.5, 0.6) is 5.75 Å². The van der Waals surface area contributed by atoms with Gasteiger partial charge >= 0.3 is 0 Å². The molecular formula is C31H39N3O5S. The molecule has 0 radical (unpaired) electrons. The Morgan fingerprint density at radius 2 is 1.55 bits per heavy atom. The van der Waals surface area contributed by atoms with E-state index in [-0.39, 0.29) is 23.3 Å². The van der Waals surface area contributed by atoms with Crippen molar-refractivity contribution >= 4 is 27.5 Å². The van der Waals surface area contributed by atoms with Gasteiger partial charge in [0.25, 0.3) is 10.0 Å². The standard InChI is InChI=1S/C31H39N3O5S/c1-22(2)19-32-31(36)25(5)33(20-26-9-7-8-24(4)18-26)30(35)21-34(27-12-14-28(39-6)15-13-27)40(37,38)29-16-10-23(3)11-17-29/h7-18,22,25H,19-21H2,1-6H3,(H,32,36). The number of hydrogen-bond acceptors (Lipinski definition) is 5. The summed E-state index contributed by atoms with van der Waals surface area (Å²) >= 11 is 0. The summed E-state index contributed by atoms with van der Waals surface area (Å²) in [6, 6.07) is 19.8. The second kappa shape index (κ2) is 13.5. The molecule has 40 heavy (non-hydrogen) atoms. The van der Waals surface area contributed by atoms with Gasteiger partial charge in [0, 0.05) is 13.1 Å². The van der Waals surface area contributed by atoms with Crippen LogP contribution in [0.15, 0.2) is 77.7 Å². The van der Waals surface area contributed by atoms with Crippen LogP contribution in [-0.2, 0) is 26.2 Å². The second-order valence-corrected chi connectivity index (χ2v) is 12.2. The van der Waals surface area contributed by atoms with Gasteiger partial charge in [-0.2, -0.15) is 0 Å². The van der Waals surface area contributed by atoms with Gasteiger partial charge in [-0.1, -0.05) is 61.4 Å². The van der Waals surface area contributed by atoms with E-state index in [0.29, 0.717) is 18.0 Å². The first kappa shape index (κ1) is 30.7. The molecule has 9 heteroatoms. The minimum absolute atomic E-state index is 0.0645. The van der Waals surface area contributed by atoms with Crippen molar-refractivity contribution in [3.63, 3.8) is 0 Å². The number of methoxy groups -OCH3 is 1. The maximum Gasteiger partial charge on any atom is 0.264 e. The average Bonchev–Trinajstić information content (AvgIpc) is 2.93. The van der Waals surface area contributed by atoms with Gasteiger partial charge in [0.05, 0.1) is 17.7 Å². The Kier molecular flexibility index (Phi) is 10.3. The van der Waals surface area contributed by atoms with Crippen LogP contribution in [0.1, 0.15) is 37.5 Å². The lowest BCUT2D eigenvalue weighted by Crippen LogP contribution is -2.51. The van der Waals surface area contributed by atoms with Gasteiger partial charge in [-0.15, -0.1) is 0 Å². The number of rotatable bonds is 12. The van der Waals surface area contributed by atoms with Crippen molar-refractivity contribution in [3.8, 4) is 5.75 Å². The lowest BCUT2D eigenvalue weighted by molar-refractivity contribution is -0.139. The Morgan fingerprint density at radius 1 is 0.900 bits per heavy atom. The van der Waals surface area contributed by atoms with Crippen molar-refractivity contribution in [2.24, 2.45) is 5.92 Å². The number of aryl methyl sites for hydroxylation is 2. The fourth-order valence-electron chi connectivity index (χ4n) is 4.16. The lowest BCUT2D eigenvalue weighted by atomic mass is 10.1. The minimum Gasteiger partial charge on any atom is -0.497 e. The van der Waals surface area contributed by atoms with Gasteiger partial charge < -0.3 is 15.0 Å². The van der Waals surface area contributed by atoms with E-state index in [1.165, 1.54) is 24.1 Å². The van der Waals surface area contributed by atoms with Crippen LogP contribution in [0, 0.1) is 19.8 Å². The number of benzene rings is 3. The van der Waals surface area contributed by atoms with Crippen molar-refractivity contribution < 1.29 is 22.7 Å². The molecule has 3 aromatic carbocycles. The zero-order valence-corrected chi connectivity index (χ0v) is 24.9. The summed E-state index contributed by atoms with van der Waals surface area (Å²) in [6.45, 7) is 9.59. The van der Waals surface area contributed by atoms with Gasteiger partial charge in [0.15, 0.2) is 0 Å². The van der Waals surface area contributed by atoms with Gasteiger partial charge in [0.1, 0.15) is 18.3 Å². The topological polar surface area (TPSA) is 96.0 Å². The first-order chi connectivity index (χ1) is 18.9. The maximum atomic E-state index is 14.0. The molecule has 1 unspecified atom stereocenters. The average molecular weight is 566 g/mol. The van der Waals surface area contributed by atoms with E-state index in [2.05, 4.69) is 5.32 Å². The molecule has 0 aromatic heterocycles. The highest BCUT2D eigenvalue weighted by molar-refractivity contribution is 7.92. The summed E-state index contributed by atoms with van der Waals surface area (Å²) in [5.74, 6) is -0.00568. The number of carbonyl (C=O) groups excluding carboxylic acids is 2. The zero-order chi connectivity index (χ0) is 29.4. The second-order valence-electron chi connectivity index (χ2n) is 10.3. The first-order valence-corrected chi connectivity index (χ1v) is 14.7. The third kappa shape index (κ3) is 7.85. The first-order valence-electron chi connectivity index (χ1n) is 13.3. The van der Waals surface area contributed by atoms with Gasteiger partial charge in [-0.05, 0) is 68.7 Å². The molecule has 3 rings (SSSR count). The number of ether oxygens (including phenoxy) is 1. The zero-order valence-electron chi connectivity index (χ0n) is 24.0. The van der Waals surface area contributed by atoms with Gasteiger partial charge in [0.2, 0.25) is 11.8 Å². The Labute approximate surface area is 238 Å². The molecule has 0 saturated heterocycles. The highest BCUT2D eigenvalue weighted by Crippen LogP contribution is 2.27. The third-order valence-electron chi connectivity index (χ3n) is 6.54. The molecule has 214 valence electrons. The van der Waals surface area contributed by atoms with Crippen LogP contribution in [0.2, 0.25) is 0 Å². The number of amides is 2. The molecule has 0 bridgehead atoms. The minimum atomic E-state index is -4.12. The van der Waals surface area contributed by atoms with Crippen LogP contribution in [-0.4, -0.2) is 51.4 Å². The number of carbonyl (C=O) groups is 2. The maximum absolute atomic E-state index is 14.0. The van der Waals surface area contributed by atoms with Crippen LogP contribution >= 0.6 is 0 Å². The number of nitrogens with zero attached hydrogens (tertiary/aromatic N) is 2. The summed E-state index contributed by atoms with van der Waals surface area (Å²) < 4.78 is 34.1. The van der Waals surface area contributed by atoms with E-state index in [4.69, 9.17) is 4.74 Å². The summed E-state index contributed by atoms with van der Waals surface area (Å²) in [4.78, 5) is 28.5. The molecule has 0 saturated carbocycles. The largest absolute Gasteiger partial charge is 0.497 e. The van der Waals surface area contributed by atoms with Crippen molar-refractivity contribution in [1.82, 2.24) is 10.2 Å². The quantitative estimate of drug-likeness (QED) is 0.344. The van der Waals surface area contributed by atoms with Crippen LogP contribution in [0.4, 0.5) is 5.69 Å². The monoisotopic (exact) mass is 565 g/mol. The lowest BCUT2D eigenvalue weighted by Gasteiger charge is -2.32. The summed E-state index contributed by atoms with van der Waals surface area (Å²) in [5, 5.41) is 2.89. The van der Waals surface area contributed by atoms with Crippen LogP contribution in [0.3, 0.4) is 0 Å². The Bertz CT molecular complexity index is 1400. The molecule has 8 nitrogen and oxygen atoms in total. The van der Waals surface area contributed by atoms with Gasteiger partial charge in [-0.25, -0.2) is 8.42 Å². The van der Waals surface area contributed by atoms with Crippen molar-refractivity contribution in [2.45, 2.75) is 52.1 Å². The fourth-order valence-corrected chi connectivity index (χ4v) is 5.57. The molecule has 0 fully saturated rings. The van der Waals surface area contributed by atoms with Gasteiger partial charge in [-0.3, -0.25) is 13.9 Å². The predicted molar refractivity (Wildman–Crippen MR) is 158 cm³/mol. The molecule has 0 heterocycles. The van der Waals surface area contributed by atoms with E-state index in [1.54, 1.807) is 43.3 Å². The van der Waals surface area contributed by atoms with E-state index >= 15 is 0 Å². The van der Waals surface area contributed by atoms with Crippen molar-refractivity contribution in [2.75, 3.05) is 24.5 Å². The van der Waals surface area contributed by atoms with Crippen LogP contribution in [0.25, 0.3) is 0 Å². The fraction of sp³-hybridized carbons (Fsp3) is 0.355. The number of sulfonamides is 1. The normalized spacial score (nSPS) is 12.1. The number of nitrogens with one attached hydrogen (secondary N) is 1. The molecule has 0 aliphatic heterocycles. The molecule has 1 N–H and O–H groups in total. The predicted octanol–water partition coefficient (Wildman–Crippen LogP) is 4.70. The Balaban J connectivity index is 2.02. The SMILES string of the molecule is COc1ccc(N(CC(=O)N(Cc2cccc(C)c2)C(C)C(=O)NCC(C)C)S(=O)(=O)c2ccc(C)cc2)cc1. The highest BCUT2D eigenvalue weighted by Gasteiger charge is 2.32. The van der Waals surface area contributed by atoms with Crippen molar-refractivity contribution in [1.29, 1.82) is 0 Å². The summed E-state index contributed by atoms with van der Waals surface area (Å²) in [7, 11) is -2.60. The van der Waals surface area contributed by atoms with E-state index in [9.17, 15) is 18.0 Å². The molecule has 0 aliphatic rings. The Hall–Kier alpha value is -3.85. The molecule has 2 amide bonds.